The Balaban J connectivity index is 2.14. The summed E-state index contributed by atoms with van der Waals surface area (Å²) in [6, 6.07) is 6.98. The van der Waals surface area contributed by atoms with Crippen LogP contribution >= 0.6 is 11.6 Å². The van der Waals surface area contributed by atoms with Crippen LogP contribution in [-0.2, 0) is 5.41 Å². The van der Waals surface area contributed by atoms with Crippen molar-refractivity contribution in [1.82, 2.24) is 15.0 Å². The number of benzene rings is 1. The smallest absolute Gasteiger partial charge is 0.272 e. The molecule has 0 amide bonds. The number of halogens is 1. The van der Waals surface area contributed by atoms with Crippen molar-refractivity contribution in [2.75, 3.05) is 0 Å². The first-order chi connectivity index (χ1) is 12.2. The lowest BCUT2D eigenvalue weighted by molar-refractivity contribution is 0.407. The van der Waals surface area contributed by atoms with Crippen molar-refractivity contribution in [3.05, 3.63) is 84.1 Å². The molecule has 134 valence electrons. The predicted octanol–water partition coefficient (Wildman–Crippen LogP) is 1.66. The molecule has 0 unspecified atom stereocenters. The Hall–Kier alpha value is -2.86. The highest BCUT2D eigenvalue weighted by Crippen LogP contribution is 2.25. The second kappa shape index (κ2) is 6.80. The third-order valence-electron chi connectivity index (χ3n) is 3.70. The topological polar surface area (TPSA) is 91.8 Å². The van der Waals surface area contributed by atoms with Crippen molar-refractivity contribution < 1.29 is 4.42 Å². The first-order valence-corrected chi connectivity index (χ1v) is 8.37. The van der Waals surface area contributed by atoms with E-state index >= 15 is 0 Å². The maximum Gasteiger partial charge on any atom is 0.272 e. The number of H-pyrrole nitrogens is 2. The van der Waals surface area contributed by atoms with Gasteiger partial charge in [-0.3, -0.25) is 9.59 Å². The maximum atomic E-state index is 12.4. The lowest BCUT2D eigenvalue weighted by atomic mass is 9.92. The molecule has 2 N–H and O–H groups in total. The third-order valence-corrected chi connectivity index (χ3v) is 3.94. The Morgan fingerprint density at radius 1 is 1.08 bits per heavy atom. The number of rotatable bonds is 2. The molecule has 6 nitrogen and oxygen atoms in total. The van der Waals surface area contributed by atoms with Gasteiger partial charge in [-0.1, -0.05) is 44.5 Å². The zero-order valence-electron chi connectivity index (χ0n) is 14.6. The van der Waals surface area contributed by atoms with Gasteiger partial charge in [0.25, 0.3) is 11.1 Å². The molecule has 0 saturated heterocycles. The van der Waals surface area contributed by atoms with E-state index in [2.05, 4.69) is 15.0 Å². The molecule has 26 heavy (non-hydrogen) atoms. The van der Waals surface area contributed by atoms with Crippen LogP contribution in [0.3, 0.4) is 0 Å². The van der Waals surface area contributed by atoms with E-state index < -0.39 is 11.1 Å². The summed E-state index contributed by atoms with van der Waals surface area (Å²) in [7, 11) is 0. The van der Waals surface area contributed by atoms with Crippen LogP contribution in [0.15, 0.2) is 44.7 Å². The lowest BCUT2D eigenvalue weighted by Gasteiger charge is -2.14. The first-order valence-electron chi connectivity index (χ1n) is 7.99. The van der Waals surface area contributed by atoms with Crippen LogP contribution in [0.25, 0.3) is 12.2 Å². The highest BCUT2D eigenvalue weighted by molar-refractivity contribution is 6.30. The highest BCUT2D eigenvalue weighted by Gasteiger charge is 2.21. The molecule has 0 bridgehead atoms. The van der Waals surface area contributed by atoms with E-state index in [1.807, 2.05) is 20.8 Å². The minimum atomic E-state index is -0.430. The first kappa shape index (κ1) is 17.9. The fraction of sp³-hybridized carbons (Fsp3) is 0.211. The molecule has 2 heterocycles. The van der Waals surface area contributed by atoms with Gasteiger partial charge >= 0.3 is 0 Å². The molecule has 0 aliphatic carbocycles. The number of hydrogen-bond acceptors (Lipinski definition) is 4. The Bertz CT molecular complexity index is 1180. The van der Waals surface area contributed by atoms with Crippen LogP contribution < -0.4 is 21.8 Å². The predicted molar refractivity (Wildman–Crippen MR) is 101 cm³/mol. The summed E-state index contributed by atoms with van der Waals surface area (Å²) in [5, 5.41) is 0.798. The van der Waals surface area contributed by atoms with Crippen molar-refractivity contribution in [3.8, 4) is 0 Å². The second-order valence-corrected chi connectivity index (χ2v) is 7.33. The Morgan fingerprint density at radius 2 is 1.73 bits per heavy atom. The van der Waals surface area contributed by atoms with Gasteiger partial charge in [-0.2, -0.15) is 0 Å². The standard InChI is InChI=1S/C19H18ClN3O3/c1-19(2,3)16-13(21-10-26-16)9-15-18(25)22-14(17(24)23-15)8-11-5-4-6-12(20)7-11/h4-10H,1-3H3,(H,22,25)(H,23,24)/b14-8-,15-9-. The summed E-state index contributed by atoms with van der Waals surface area (Å²) in [4.78, 5) is 34.0. The molecular weight excluding hydrogens is 354 g/mol. The fourth-order valence-corrected chi connectivity index (χ4v) is 2.71. The maximum absolute atomic E-state index is 12.4. The van der Waals surface area contributed by atoms with E-state index in [1.165, 1.54) is 12.5 Å². The SMILES string of the molecule is CC(C)(C)c1ocnc1/C=c1\[nH]c(=O)/c(=C/c2cccc(Cl)c2)[nH]c1=O. The molecular formula is C19H18ClN3O3. The summed E-state index contributed by atoms with van der Waals surface area (Å²) in [6.07, 6.45) is 4.39. The number of nitrogens with zero attached hydrogens (tertiary/aromatic N) is 1. The zero-order valence-corrected chi connectivity index (χ0v) is 15.3. The second-order valence-electron chi connectivity index (χ2n) is 6.90. The van der Waals surface area contributed by atoms with Gasteiger partial charge in [0, 0.05) is 10.4 Å². The summed E-state index contributed by atoms with van der Waals surface area (Å²) in [5.74, 6) is 0.632. The number of aromatic nitrogens is 3. The van der Waals surface area contributed by atoms with Crippen molar-refractivity contribution in [3.63, 3.8) is 0 Å². The van der Waals surface area contributed by atoms with Crippen molar-refractivity contribution in [1.29, 1.82) is 0 Å². The minimum Gasteiger partial charge on any atom is -0.447 e. The summed E-state index contributed by atoms with van der Waals surface area (Å²) in [6.45, 7) is 5.92. The van der Waals surface area contributed by atoms with Crippen LogP contribution in [0, 0.1) is 0 Å². The van der Waals surface area contributed by atoms with Crippen LogP contribution in [0.2, 0.25) is 5.02 Å². The molecule has 7 heteroatoms. The van der Waals surface area contributed by atoms with Crippen molar-refractivity contribution >= 4 is 23.8 Å². The van der Waals surface area contributed by atoms with E-state index in [1.54, 1.807) is 30.3 Å². The molecule has 0 saturated carbocycles. The van der Waals surface area contributed by atoms with Gasteiger partial charge in [-0.15, -0.1) is 0 Å². The average molecular weight is 372 g/mol. The van der Waals surface area contributed by atoms with Gasteiger partial charge in [0.2, 0.25) is 0 Å². The monoisotopic (exact) mass is 371 g/mol. The van der Waals surface area contributed by atoms with Crippen LogP contribution in [-0.4, -0.2) is 15.0 Å². The van der Waals surface area contributed by atoms with E-state index in [4.69, 9.17) is 16.0 Å². The Labute approximate surface area is 153 Å². The van der Waals surface area contributed by atoms with Gasteiger partial charge in [-0.25, -0.2) is 4.98 Å². The van der Waals surface area contributed by atoms with Gasteiger partial charge < -0.3 is 14.4 Å². The molecule has 1 aromatic carbocycles. The fourth-order valence-electron chi connectivity index (χ4n) is 2.51. The van der Waals surface area contributed by atoms with Crippen LogP contribution in [0.1, 0.15) is 37.8 Å². The van der Waals surface area contributed by atoms with Gasteiger partial charge in [0.05, 0.1) is 0 Å². The normalized spacial score (nSPS) is 13.4. The number of nitrogens with one attached hydrogen (secondary N) is 2. The average Bonchev–Trinajstić information content (AvgIpc) is 3.01. The number of hydrogen-bond donors (Lipinski definition) is 2. The van der Waals surface area contributed by atoms with Crippen molar-refractivity contribution in [2.24, 2.45) is 0 Å². The van der Waals surface area contributed by atoms with Crippen molar-refractivity contribution in [2.45, 2.75) is 26.2 Å². The Kier molecular flexibility index (Phi) is 4.70. The van der Waals surface area contributed by atoms with Gasteiger partial charge in [0.15, 0.2) is 6.39 Å². The van der Waals surface area contributed by atoms with Crippen LogP contribution in [0.4, 0.5) is 0 Å². The van der Waals surface area contributed by atoms with E-state index in [0.717, 1.165) is 0 Å². The van der Waals surface area contributed by atoms with E-state index in [0.29, 0.717) is 22.0 Å². The largest absolute Gasteiger partial charge is 0.447 e. The summed E-state index contributed by atoms with van der Waals surface area (Å²) in [5.41, 5.74) is 0.0832. The van der Waals surface area contributed by atoms with E-state index in [-0.39, 0.29) is 16.1 Å². The Morgan fingerprint density at radius 3 is 2.35 bits per heavy atom. The van der Waals surface area contributed by atoms with E-state index in [9.17, 15) is 9.59 Å². The summed E-state index contributed by atoms with van der Waals surface area (Å²) < 4.78 is 5.42. The third kappa shape index (κ3) is 3.86. The zero-order chi connectivity index (χ0) is 18.9. The van der Waals surface area contributed by atoms with Gasteiger partial charge in [-0.05, 0) is 29.8 Å². The molecule has 0 atom stereocenters. The minimum absolute atomic E-state index is 0.109. The van der Waals surface area contributed by atoms with Gasteiger partial charge in [0.1, 0.15) is 22.2 Å². The lowest BCUT2D eigenvalue weighted by Crippen LogP contribution is -2.46. The molecule has 0 aliphatic rings. The summed E-state index contributed by atoms with van der Waals surface area (Å²) >= 11 is 5.94. The van der Waals surface area contributed by atoms with Crippen LogP contribution in [0.5, 0.6) is 0 Å². The molecule has 0 radical (unpaired) electrons. The molecule has 0 fully saturated rings. The molecule has 0 aliphatic heterocycles. The quantitative estimate of drug-likeness (QED) is 0.716. The number of aromatic amines is 2. The molecule has 2 aromatic heterocycles. The molecule has 0 spiro atoms. The molecule has 3 rings (SSSR count). The highest BCUT2D eigenvalue weighted by atomic mass is 35.5. The molecule has 3 aromatic rings. The number of oxazole rings is 1.